The molecule has 0 aromatic carbocycles. The van der Waals surface area contributed by atoms with E-state index in [4.69, 9.17) is 0 Å². The molecule has 16 heavy (non-hydrogen) atoms. The van der Waals surface area contributed by atoms with Crippen LogP contribution in [-0.4, -0.2) is 15.0 Å². The van der Waals surface area contributed by atoms with Gasteiger partial charge in [0.2, 0.25) is 0 Å². The standard InChI is InChI=1S/C13H21N3/c1-9(2)13(7-10-3-4-10)16-8-12(14-15-16)11-5-6-11/h8-11,13H,3-7H2,1-2H3. The van der Waals surface area contributed by atoms with Crippen LogP contribution in [0.5, 0.6) is 0 Å². The van der Waals surface area contributed by atoms with Crippen LogP contribution in [0.25, 0.3) is 0 Å². The summed E-state index contributed by atoms with van der Waals surface area (Å²) in [5.74, 6) is 2.35. The fraction of sp³-hybridized carbons (Fsp3) is 0.846. The molecule has 88 valence electrons. The van der Waals surface area contributed by atoms with Crippen molar-refractivity contribution in [2.45, 2.75) is 57.9 Å². The van der Waals surface area contributed by atoms with Gasteiger partial charge in [-0.2, -0.15) is 0 Å². The predicted molar refractivity (Wildman–Crippen MR) is 63.2 cm³/mol. The van der Waals surface area contributed by atoms with Crippen LogP contribution in [0.1, 0.15) is 63.6 Å². The molecule has 0 aliphatic heterocycles. The van der Waals surface area contributed by atoms with Crippen LogP contribution in [0.15, 0.2) is 6.20 Å². The quantitative estimate of drug-likeness (QED) is 0.761. The van der Waals surface area contributed by atoms with Gasteiger partial charge in [-0.05, 0) is 31.1 Å². The molecule has 0 radical (unpaired) electrons. The molecule has 3 nitrogen and oxygen atoms in total. The van der Waals surface area contributed by atoms with Crippen molar-refractivity contribution < 1.29 is 0 Å². The molecule has 0 spiro atoms. The molecule has 0 saturated heterocycles. The maximum Gasteiger partial charge on any atom is 0.0858 e. The summed E-state index contributed by atoms with van der Waals surface area (Å²) in [6.45, 7) is 4.59. The third-order valence-corrected chi connectivity index (χ3v) is 3.90. The molecule has 0 N–H and O–H groups in total. The highest BCUT2D eigenvalue weighted by Gasteiger charge is 2.31. The van der Waals surface area contributed by atoms with Gasteiger partial charge in [-0.15, -0.1) is 5.10 Å². The van der Waals surface area contributed by atoms with Crippen molar-refractivity contribution in [1.29, 1.82) is 0 Å². The molecule has 3 rings (SSSR count). The van der Waals surface area contributed by atoms with Crippen LogP contribution in [0, 0.1) is 11.8 Å². The summed E-state index contributed by atoms with van der Waals surface area (Å²) in [4.78, 5) is 0. The van der Waals surface area contributed by atoms with E-state index in [2.05, 4.69) is 35.0 Å². The van der Waals surface area contributed by atoms with E-state index in [0.717, 1.165) is 11.8 Å². The van der Waals surface area contributed by atoms with Crippen LogP contribution >= 0.6 is 0 Å². The van der Waals surface area contributed by atoms with Crippen LogP contribution in [0.3, 0.4) is 0 Å². The van der Waals surface area contributed by atoms with Gasteiger partial charge in [-0.1, -0.05) is 31.9 Å². The summed E-state index contributed by atoms with van der Waals surface area (Å²) < 4.78 is 2.14. The maximum atomic E-state index is 4.35. The Balaban J connectivity index is 1.74. The minimum absolute atomic E-state index is 0.562. The monoisotopic (exact) mass is 219 g/mol. The second-order valence-electron chi connectivity index (χ2n) is 5.89. The van der Waals surface area contributed by atoms with Gasteiger partial charge in [0.25, 0.3) is 0 Å². The number of hydrogen-bond acceptors (Lipinski definition) is 2. The molecule has 2 saturated carbocycles. The molecule has 2 fully saturated rings. The van der Waals surface area contributed by atoms with Crippen LogP contribution < -0.4 is 0 Å². The smallest absolute Gasteiger partial charge is 0.0858 e. The summed E-state index contributed by atoms with van der Waals surface area (Å²) in [5.41, 5.74) is 1.22. The second-order valence-corrected chi connectivity index (χ2v) is 5.89. The van der Waals surface area contributed by atoms with E-state index in [1.807, 2.05) is 0 Å². The molecule has 2 aliphatic rings. The lowest BCUT2D eigenvalue weighted by molar-refractivity contribution is 0.307. The van der Waals surface area contributed by atoms with Crippen molar-refractivity contribution in [3.05, 3.63) is 11.9 Å². The third kappa shape index (κ3) is 2.13. The Bertz CT molecular complexity index is 361. The summed E-state index contributed by atoms with van der Waals surface area (Å²) in [5, 5.41) is 8.67. The molecular formula is C13H21N3. The third-order valence-electron chi connectivity index (χ3n) is 3.90. The number of rotatable bonds is 5. The lowest BCUT2D eigenvalue weighted by Crippen LogP contribution is -2.16. The topological polar surface area (TPSA) is 30.7 Å². The van der Waals surface area contributed by atoms with Gasteiger partial charge in [0, 0.05) is 12.1 Å². The van der Waals surface area contributed by atoms with Crippen molar-refractivity contribution in [1.82, 2.24) is 15.0 Å². The van der Waals surface area contributed by atoms with Crippen LogP contribution in [0.2, 0.25) is 0 Å². The first-order valence-corrected chi connectivity index (χ1v) is 6.65. The highest BCUT2D eigenvalue weighted by molar-refractivity contribution is 5.09. The van der Waals surface area contributed by atoms with E-state index in [1.54, 1.807) is 0 Å². The highest BCUT2D eigenvalue weighted by Crippen LogP contribution is 2.41. The first-order chi connectivity index (χ1) is 7.74. The van der Waals surface area contributed by atoms with Gasteiger partial charge >= 0.3 is 0 Å². The first-order valence-electron chi connectivity index (χ1n) is 6.65. The fourth-order valence-electron chi connectivity index (χ4n) is 2.40. The zero-order valence-electron chi connectivity index (χ0n) is 10.3. The lowest BCUT2D eigenvalue weighted by atomic mass is 9.99. The maximum absolute atomic E-state index is 4.35. The van der Waals surface area contributed by atoms with E-state index >= 15 is 0 Å². The lowest BCUT2D eigenvalue weighted by Gasteiger charge is -2.20. The normalized spacial score (nSPS) is 22.7. The van der Waals surface area contributed by atoms with Crippen molar-refractivity contribution in [2.24, 2.45) is 11.8 Å². The van der Waals surface area contributed by atoms with Crippen molar-refractivity contribution in [3.63, 3.8) is 0 Å². The predicted octanol–water partition coefficient (Wildman–Crippen LogP) is 3.15. The molecule has 3 heteroatoms. The summed E-state index contributed by atoms with van der Waals surface area (Å²) in [6.07, 6.45) is 8.97. The largest absolute Gasteiger partial charge is 0.249 e. The molecule has 2 aliphatic carbocycles. The average molecular weight is 219 g/mol. The Hall–Kier alpha value is -0.860. The molecule has 1 unspecified atom stereocenters. The minimum Gasteiger partial charge on any atom is -0.249 e. The molecular weight excluding hydrogens is 198 g/mol. The van der Waals surface area contributed by atoms with E-state index in [1.165, 1.54) is 37.8 Å². The van der Waals surface area contributed by atoms with Crippen LogP contribution in [-0.2, 0) is 0 Å². The van der Waals surface area contributed by atoms with E-state index in [0.29, 0.717) is 12.0 Å². The highest BCUT2D eigenvalue weighted by atomic mass is 15.4. The summed E-state index contributed by atoms with van der Waals surface area (Å²) in [6, 6.07) is 0.562. The molecule has 1 aromatic rings. The Morgan fingerprint density at radius 1 is 1.31 bits per heavy atom. The van der Waals surface area contributed by atoms with Gasteiger partial charge in [-0.25, -0.2) is 4.68 Å². The van der Waals surface area contributed by atoms with Gasteiger partial charge < -0.3 is 0 Å². The molecule has 1 atom stereocenters. The van der Waals surface area contributed by atoms with Crippen LogP contribution in [0.4, 0.5) is 0 Å². The Morgan fingerprint density at radius 3 is 2.62 bits per heavy atom. The van der Waals surface area contributed by atoms with Crippen molar-refractivity contribution >= 4 is 0 Å². The van der Waals surface area contributed by atoms with Gasteiger partial charge in [-0.3, -0.25) is 0 Å². The van der Waals surface area contributed by atoms with Gasteiger partial charge in [0.05, 0.1) is 11.7 Å². The molecule has 0 amide bonds. The fourth-order valence-corrected chi connectivity index (χ4v) is 2.40. The number of hydrogen-bond donors (Lipinski definition) is 0. The SMILES string of the molecule is CC(C)C(CC1CC1)n1cc(C2CC2)nn1. The zero-order chi connectivity index (χ0) is 11.1. The summed E-state index contributed by atoms with van der Waals surface area (Å²) in [7, 11) is 0. The summed E-state index contributed by atoms with van der Waals surface area (Å²) >= 11 is 0. The average Bonchev–Trinajstić information content (AvgIpc) is 3.16. The second kappa shape index (κ2) is 3.86. The van der Waals surface area contributed by atoms with Gasteiger partial charge in [0.1, 0.15) is 0 Å². The molecule has 1 heterocycles. The molecule has 0 bridgehead atoms. The Kier molecular flexibility index (Phi) is 2.49. The molecule has 1 aromatic heterocycles. The van der Waals surface area contributed by atoms with E-state index in [9.17, 15) is 0 Å². The van der Waals surface area contributed by atoms with Crippen molar-refractivity contribution in [3.8, 4) is 0 Å². The Morgan fingerprint density at radius 2 is 2.06 bits per heavy atom. The zero-order valence-corrected chi connectivity index (χ0v) is 10.3. The van der Waals surface area contributed by atoms with E-state index < -0.39 is 0 Å². The number of aromatic nitrogens is 3. The van der Waals surface area contributed by atoms with Crippen molar-refractivity contribution in [2.75, 3.05) is 0 Å². The van der Waals surface area contributed by atoms with Gasteiger partial charge in [0.15, 0.2) is 0 Å². The minimum atomic E-state index is 0.562. The number of nitrogens with zero attached hydrogens (tertiary/aromatic N) is 3. The Labute approximate surface area is 97.2 Å². The first kappa shape index (κ1) is 10.3. The van der Waals surface area contributed by atoms with E-state index in [-0.39, 0.29) is 0 Å².